The molecule has 4 atom stereocenters. The summed E-state index contributed by atoms with van der Waals surface area (Å²) >= 11 is 0. The van der Waals surface area contributed by atoms with E-state index in [0.29, 0.717) is 35.9 Å². The van der Waals surface area contributed by atoms with E-state index < -0.39 is 23.0 Å². The zero-order valence-electron chi connectivity index (χ0n) is 16.2. The van der Waals surface area contributed by atoms with Crippen molar-refractivity contribution in [2.45, 2.75) is 43.8 Å². The second kappa shape index (κ2) is 6.12. The molecule has 1 N–H and O–H groups in total. The average molecular weight is 390 g/mol. The normalized spacial score (nSPS) is 32.8. The van der Waals surface area contributed by atoms with E-state index in [9.17, 15) is 20.0 Å². The molecule has 3 heterocycles. The fraction of sp³-hybridized carbons (Fsp3) is 0.435. The molecule has 2 amide bonds. The van der Waals surface area contributed by atoms with Crippen LogP contribution in [0.25, 0.3) is 10.8 Å². The number of fused-ring (bicyclic) bond motifs is 6. The highest BCUT2D eigenvalue weighted by atomic mass is 16.5. The number of aliphatic hydroxyl groups is 1. The van der Waals surface area contributed by atoms with Gasteiger partial charge in [-0.1, -0.05) is 31.2 Å². The average Bonchev–Trinajstić information content (AvgIpc) is 3.34. The monoisotopic (exact) mass is 390 g/mol. The molecule has 0 spiro atoms. The summed E-state index contributed by atoms with van der Waals surface area (Å²) in [6.07, 6.45) is 2.43. The van der Waals surface area contributed by atoms with Crippen molar-refractivity contribution in [1.82, 2.24) is 0 Å². The molecule has 2 aromatic carbocycles. The first-order valence-electron chi connectivity index (χ1n) is 10.1. The first-order chi connectivity index (χ1) is 14.0. The van der Waals surface area contributed by atoms with Crippen LogP contribution < -0.4 is 4.90 Å². The molecule has 3 aliphatic rings. The summed E-state index contributed by atoms with van der Waals surface area (Å²) in [4.78, 5) is 28.5. The van der Waals surface area contributed by atoms with Gasteiger partial charge in [-0.2, -0.15) is 5.26 Å². The molecule has 0 aromatic heterocycles. The van der Waals surface area contributed by atoms with Crippen LogP contribution in [0.5, 0.6) is 0 Å². The predicted octanol–water partition coefficient (Wildman–Crippen LogP) is 2.91. The van der Waals surface area contributed by atoms with Gasteiger partial charge < -0.3 is 9.84 Å². The Morgan fingerprint density at radius 1 is 1.10 bits per heavy atom. The Labute approximate surface area is 168 Å². The van der Waals surface area contributed by atoms with Crippen molar-refractivity contribution in [3.63, 3.8) is 0 Å². The lowest BCUT2D eigenvalue weighted by Crippen LogP contribution is -2.43. The number of carbonyl (C=O) groups excluding carboxylic acids is 2. The van der Waals surface area contributed by atoms with Gasteiger partial charge in [0, 0.05) is 23.8 Å². The van der Waals surface area contributed by atoms with Crippen LogP contribution in [0.3, 0.4) is 0 Å². The molecule has 29 heavy (non-hydrogen) atoms. The summed E-state index contributed by atoms with van der Waals surface area (Å²) < 4.78 is 6.38. The first-order valence-corrected chi connectivity index (χ1v) is 10.1. The van der Waals surface area contributed by atoms with Gasteiger partial charge in [0.2, 0.25) is 11.8 Å². The van der Waals surface area contributed by atoms with E-state index in [-0.39, 0.29) is 18.4 Å². The van der Waals surface area contributed by atoms with E-state index in [4.69, 9.17) is 4.74 Å². The van der Waals surface area contributed by atoms with Gasteiger partial charge >= 0.3 is 0 Å². The third-order valence-corrected chi connectivity index (χ3v) is 7.21. The number of benzene rings is 2. The van der Waals surface area contributed by atoms with Crippen molar-refractivity contribution in [3.05, 3.63) is 42.0 Å². The van der Waals surface area contributed by atoms with Crippen LogP contribution in [0.15, 0.2) is 36.4 Å². The Kier molecular flexibility index (Phi) is 3.86. The second-order valence-corrected chi connectivity index (χ2v) is 8.32. The van der Waals surface area contributed by atoms with E-state index in [0.717, 1.165) is 11.8 Å². The largest absolute Gasteiger partial charge is 0.396 e. The van der Waals surface area contributed by atoms with Crippen LogP contribution in [0.2, 0.25) is 0 Å². The number of rotatable bonds is 4. The SMILES string of the molecule is CC[C@]12CC[C@](CCO)(O1)[C@@H]1C(=O)N(c3ccc(C#N)c4ccccc34)C(=O)[C@@H]12. The van der Waals surface area contributed by atoms with E-state index in [1.54, 1.807) is 12.1 Å². The maximum atomic E-state index is 13.6. The summed E-state index contributed by atoms with van der Waals surface area (Å²) in [5.74, 6) is -1.56. The van der Waals surface area contributed by atoms with Gasteiger partial charge in [0.15, 0.2) is 0 Å². The minimum absolute atomic E-state index is 0.0791. The Morgan fingerprint density at radius 2 is 1.76 bits per heavy atom. The zero-order chi connectivity index (χ0) is 20.4. The fourth-order valence-electron chi connectivity index (χ4n) is 5.90. The molecular formula is C23H22N2O4. The van der Waals surface area contributed by atoms with E-state index in [1.165, 1.54) is 4.90 Å². The summed E-state index contributed by atoms with van der Waals surface area (Å²) in [7, 11) is 0. The molecule has 6 nitrogen and oxygen atoms in total. The molecule has 2 aromatic rings. The number of amides is 2. The lowest BCUT2D eigenvalue weighted by atomic mass is 9.66. The van der Waals surface area contributed by atoms with Crippen LogP contribution >= 0.6 is 0 Å². The zero-order valence-corrected chi connectivity index (χ0v) is 16.2. The van der Waals surface area contributed by atoms with Gasteiger partial charge in [-0.3, -0.25) is 9.59 Å². The predicted molar refractivity (Wildman–Crippen MR) is 106 cm³/mol. The van der Waals surface area contributed by atoms with Crippen molar-refractivity contribution in [1.29, 1.82) is 5.26 Å². The number of anilines is 1. The van der Waals surface area contributed by atoms with Gasteiger partial charge in [-0.15, -0.1) is 0 Å². The number of nitrogens with zero attached hydrogens (tertiary/aromatic N) is 2. The Morgan fingerprint density at radius 3 is 2.41 bits per heavy atom. The molecule has 2 bridgehead atoms. The standard InChI is InChI=1S/C23H22N2O4/c1-2-22-9-10-23(29-22,11-12-26)19-18(22)20(27)25(21(19)28)17-8-7-14(13-24)15-5-3-4-6-16(15)17/h3-8,18-19,26H,2,9-12H2,1H3/t18-,19+,22-,23-/m1/s1. The Hall–Kier alpha value is -2.75. The molecule has 0 radical (unpaired) electrons. The minimum atomic E-state index is -0.765. The molecular weight excluding hydrogens is 368 g/mol. The maximum Gasteiger partial charge on any atom is 0.240 e. The minimum Gasteiger partial charge on any atom is -0.396 e. The van der Waals surface area contributed by atoms with Crippen molar-refractivity contribution >= 4 is 28.3 Å². The quantitative estimate of drug-likeness (QED) is 0.811. The molecule has 0 unspecified atom stereocenters. The van der Waals surface area contributed by atoms with Crippen molar-refractivity contribution in [2.24, 2.45) is 11.8 Å². The number of aliphatic hydroxyl groups excluding tert-OH is 1. The lowest BCUT2D eigenvalue weighted by Gasteiger charge is -2.30. The van der Waals surface area contributed by atoms with Crippen LogP contribution in [-0.4, -0.2) is 34.7 Å². The highest BCUT2D eigenvalue weighted by molar-refractivity contribution is 6.26. The summed E-state index contributed by atoms with van der Waals surface area (Å²) in [6, 6.07) is 12.9. The summed E-state index contributed by atoms with van der Waals surface area (Å²) in [6.45, 7) is 1.92. The number of hydrogen-bond donors (Lipinski definition) is 1. The molecule has 3 fully saturated rings. The number of nitriles is 1. The summed E-state index contributed by atoms with van der Waals surface area (Å²) in [5.41, 5.74) is -0.370. The van der Waals surface area contributed by atoms with E-state index >= 15 is 0 Å². The molecule has 148 valence electrons. The Bertz CT molecular complexity index is 1090. The van der Waals surface area contributed by atoms with Gasteiger partial charge in [0.25, 0.3) is 0 Å². The molecule has 3 aliphatic heterocycles. The fourth-order valence-corrected chi connectivity index (χ4v) is 5.90. The van der Waals surface area contributed by atoms with E-state index in [2.05, 4.69) is 6.07 Å². The second-order valence-electron chi connectivity index (χ2n) is 8.32. The summed E-state index contributed by atoms with van der Waals surface area (Å²) in [5, 5.41) is 20.5. The Balaban J connectivity index is 1.67. The highest BCUT2D eigenvalue weighted by Gasteiger charge is 2.74. The highest BCUT2D eigenvalue weighted by Crippen LogP contribution is 2.63. The van der Waals surface area contributed by atoms with Gasteiger partial charge in [0.1, 0.15) is 0 Å². The molecule has 0 saturated carbocycles. The smallest absolute Gasteiger partial charge is 0.240 e. The van der Waals surface area contributed by atoms with Crippen molar-refractivity contribution in [3.8, 4) is 6.07 Å². The van der Waals surface area contributed by atoms with Gasteiger partial charge in [-0.25, -0.2) is 4.90 Å². The number of imide groups is 1. The number of hydrogen-bond acceptors (Lipinski definition) is 5. The number of ether oxygens (including phenoxy) is 1. The van der Waals surface area contributed by atoms with Crippen LogP contribution in [0.4, 0.5) is 5.69 Å². The van der Waals surface area contributed by atoms with Crippen LogP contribution in [0, 0.1) is 23.2 Å². The van der Waals surface area contributed by atoms with Crippen molar-refractivity contribution < 1.29 is 19.4 Å². The maximum absolute atomic E-state index is 13.6. The third-order valence-electron chi connectivity index (χ3n) is 7.21. The van der Waals surface area contributed by atoms with Crippen LogP contribution in [0.1, 0.15) is 38.2 Å². The molecule has 0 aliphatic carbocycles. The van der Waals surface area contributed by atoms with E-state index in [1.807, 2.05) is 31.2 Å². The topological polar surface area (TPSA) is 90.6 Å². The first kappa shape index (κ1) is 18.3. The van der Waals surface area contributed by atoms with Gasteiger partial charge in [-0.05, 0) is 31.4 Å². The van der Waals surface area contributed by atoms with Gasteiger partial charge in [0.05, 0.1) is 40.4 Å². The van der Waals surface area contributed by atoms with Crippen molar-refractivity contribution in [2.75, 3.05) is 11.5 Å². The number of carbonyl (C=O) groups is 2. The van der Waals surface area contributed by atoms with Crippen LogP contribution in [-0.2, 0) is 14.3 Å². The third kappa shape index (κ3) is 2.17. The molecule has 6 heteroatoms. The molecule has 5 rings (SSSR count). The lowest BCUT2D eigenvalue weighted by molar-refractivity contribution is -0.132. The molecule has 3 saturated heterocycles.